The SMILES string of the molecule is COC(=O)C1=C(C(=O)OC)N(O)c2cc(Br)ccc2O1. The number of hydroxylamine groups is 1. The van der Waals surface area contributed by atoms with Gasteiger partial charge in [0.1, 0.15) is 5.69 Å². The minimum Gasteiger partial charge on any atom is -0.464 e. The first-order valence-electron chi connectivity index (χ1n) is 5.37. The highest BCUT2D eigenvalue weighted by Gasteiger charge is 2.36. The number of carbonyl (C=O) groups excluding carboxylic acids is 2. The zero-order valence-corrected chi connectivity index (χ0v) is 12.1. The van der Waals surface area contributed by atoms with Crippen LogP contribution in [0.25, 0.3) is 0 Å². The second kappa shape index (κ2) is 5.51. The maximum absolute atomic E-state index is 11.7. The van der Waals surface area contributed by atoms with E-state index >= 15 is 0 Å². The Bertz CT molecular complexity index is 612. The quantitative estimate of drug-likeness (QED) is 0.816. The first-order chi connectivity index (χ1) is 9.49. The molecule has 0 spiro atoms. The molecule has 20 heavy (non-hydrogen) atoms. The Labute approximate surface area is 122 Å². The minimum atomic E-state index is -0.932. The van der Waals surface area contributed by atoms with Gasteiger partial charge in [-0.25, -0.2) is 14.7 Å². The Morgan fingerprint density at radius 3 is 2.50 bits per heavy atom. The number of benzene rings is 1. The lowest BCUT2D eigenvalue weighted by molar-refractivity contribution is -0.142. The monoisotopic (exact) mass is 343 g/mol. The Hall–Kier alpha value is -2.06. The third kappa shape index (κ3) is 2.35. The van der Waals surface area contributed by atoms with Gasteiger partial charge in [-0.2, -0.15) is 0 Å². The predicted molar refractivity (Wildman–Crippen MR) is 70.1 cm³/mol. The standard InChI is InChI=1S/C12H10BrNO6/c1-18-11(15)9-10(12(16)19-2)20-8-4-3-6(13)5-7(8)14(9)17/h3-5,17H,1-2H3. The highest BCUT2D eigenvalue weighted by atomic mass is 79.9. The highest BCUT2D eigenvalue weighted by Crippen LogP contribution is 2.38. The second-order valence-electron chi connectivity index (χ2n) is 3.69. The summed E-state index contributed by atoms with van der Waals surface area (Å²) < 4.78 is 15.0. The zero-order chi connectivity index (χ0) is 14.9. The molecule has 2 rings (SSSR count). The Balaban J connectivity index is 2.59. The van der Waals surface area contributed by atoms with Crippen LogP contribution in [0.3, 0.4) is 0 Å². The first-order valence-corrected chi connectivity index (χ1v) is 6.16. The van der Waals surface area contributed by atoms with Crippen molar-refractivity contribution in [1.29, 1.82) is 0 Å². The van der Waals surface area contributed by atoms with Crippen LogP contribution < -0.4 is 9.80 Å². The lowest BCUT2D eigenvalue weighted by atomic mass is 10.2. The van der Waals surface area contributed by atoms with Crippen molar-refractivity contribution >= 4 is 33.6 Å². The van der Waals surface area contributed by atoms with E-state index in [2.05, 4.69) is 25.4 Å². The molecular weight excluding hydrogens is 334 g/mol. The smallest absolute Gasteiger partial charge is 0.376 e. The van der Waals surface area contributed by atoms with Gasteiger partial charge in [0.05, 0.1) is 14.2 Å². The number of fused-ring (bicyclic) bond motifs is 1. The molecule has 1 aliphatic heterocycles. The summed E-state index contributed by atoms with van der Waals surface area (Å²) in [6.45, 7) is 0. The molecule has 0 unspecified atom stereocenters. The van der Waals surface area contributed by atoms with Crippen LogP contribution in [0, 0.1) is 0 Å². The van der Waals surface area contributed by atoms with E-state index in [0.29, 0.717) is 9.54 Å². The number of hydrogen-bond acceptors (Lipinski definition) is 7. The molecule has 0 atom stereocenters. The fourth-order valence-electron chi connectivity index (χ4n) is 1.62. The summed E-state index contributed by atoms with van der Waals surface area (Å²) in [5.74, 6) is -2.09. The van der Waals surface area contributed by atoms with Crippen LogP contribution in [0.5, 0.6) is 5.75 Å². The van der Waals surface area contributed by atoms with Crippen molar-refractivity contribution in [2.45, 2.75) is 0 Å². The molecule has 0 fully saturated rings. The van der Waals surface area contributed by atoms with Gasteiger partial charge in [-0.15, -0.1) is 0 Å². The summed E-state index contributed by atoms with van der Waals surface area (Å²) in [5.41, 5.74) is -0.266. The van der Waals surface area contributed by atoms with Crippen LogP contribution in [0.15, 0.2) is 34.1 Å². The van der Waals surface area contributed by atoms with Crippen LogP contribution in [-0.2, 0) is 19.1 Å². The lowest BCUT2D eigenvalue weighted by Crippen LogP contribution is -2.34. The third-order valence-electron chi connectivity index (χ3n) is 2.54. The fourth-order valence-corrected chi connectivity index (χ4v) is 1.97. The van der Waals surface area contributed by atoms with E-state index in [1.54, 1.807) is 6.07 Å². The topological polar surface area (TPSA) is 85.3 Å². The fraction of sp³-hybridized carbons (Fsp3) is 0.167. The molecule has 1 N–H and O–H groups in total. The number of methoxy groups -OCH3 is 2. The summed E-state index contributed by atoms with van der Waals surface area (Å²) in [6, 6.07) is 4.71. The average Bonchev–Trinajstić information content (AvgIpc) is 2.46. The van der Waals surface area contributed by atoms with Gasteiger partial charge in [-0.05, 0) is 18.2 Å². The molecule has 0 aliphatic carbocycles. The van der Waals surface area contributed by atoms with Crippen molar-refractivity contribution < 1.29 is 29.0 Å². The van der Waals surface area contributed by atoms with Gasteiger partial charge in [0.15, 0.2) is 5.75 Å². The minimum absolute atomic E-state index is 0.187. The lowest BCUT2D eigenvalue weighted by Gasteiger charge is -2.27. The van der Waals surface area contributed by atoms with Crippen LogP contribution in [0.2, 0.25) is 0 Å². The molecule has 1 aromatic carbocycles. The van der Waals surface area contributed by atoms with Crippen LogP contribution in [0.4, 0.5) is 5.69 Å². The van der Waals surface area contributed by atoms with E-state index in [1.807, 2.05) is 0 Å². The molecule has 0 amide bonds. The van der Waals surface area contributed by atoms with E-state index in [4.69, 9.17) is 4.74 Å². The van der Waals surface area contributed by atoms with Gasteiger partial charge >= 0.3 is 11.9 Å². The molecule has 0 bridgehead atoms. The van der Waals surface area contributed by atoms with Crippen LogP contribution in [-0.4, -0.2) is 31.4 Å². The number of nitrogens with zero attached hydrogens (tertiary/aromatic N) is 1. The molecule has 1 aromatic rings. The van der Waals surface area contributed by atoms with E-state index < -0.39 is 23.4 Å². The summed E-state index contributed by atoms with van der Waals surface area (Å²) in [6.07, 6.45) is 0. The highest BCUT2D eigenvalue weighted by molar-refractivity contribution is 9.10. The Morgan fingerprint density at radius 2 is 1.90 bits per heavy atom. The number of carbonyl (C=O) groups is 2. The van der Waals surface area contributed by atoms with Crippen molar-refractivity contribution in [2.24, 2.45) is 0 Å². The number of anilines is 1. The van der Waals surface area contributed by atoms with Crippen molar-refractivity contribution in [3.05, 3.63) is 34.1 Å². The molecule has 7 nitrogen and oxygen atoms in total. The Morgan fingerprint density at radius 1 is 1.25 bits per heavy atom. The maximum Gasteiger partial charge on any atom is 0.376 e. The molecular formula is C12H10BrNO6. The first kappa shape index (κ1) is 14.4. The normalized spacial score (nSPS) is 13.5. The van der Waals surface area contributed by atoms with Crippen molar-refractivity contribution in [1.82, 2.24) is 0 Å². The van der Waals surface area contributed by atoms with Gasteiger partial charge in [0, 0.05) is 4.47 Å². The molecule has 8 heteroatoms. The number of halogens is 1. The third-order valence-corrected chi connectivity index (χ3v) is 3.03. The van der Waals surface area contributed by atoms with E-state index in [9.17, 15) is 14.8 Å². The van der Waals surface area contributed by atoms with Gasteiger partial charge in [0.2, 0.25) is 11.5 Å². The van der Waals surface area contributed by atoms with Gasteiger partial charge < -0.3 is 14.2 Å². The van der Waals surface area contributed by atoms with E-state index in [1.165, 1.54) is 12.1 Å². The number of ether oxygens (including phenoxy) is 3. The van der Waals surface area contributed by atoms with E-state index in [-0.39, 0.29) is 11.4 Å². The molecule has 0 saturated carbocycles. The maximum atomic E-state index is 11.7. The molecule has 106 valence electrons. The Kier molecular flexibility index (Phi) is 3.96. The molecule has 1 aliphatic rings. The number of hydrogen-bond donors (Lipinski definition) is 1. The average molecular weight is 344 g/mol. The number of esters is 2. The zero-order valence-electron chi connectivity index (χ0n) is 10.5. The van der Waals surface area contributed by atoms with Gasteiger partial charge in [-0.3, -0.25) is 5.21 Å². The summed E-state index contributed by atoms with van der Waals surface area (Å²) >= 11 is 3.23. The second-order valence-corrected chi connectivity index (χ2v) is 4.60. The largest absolute Gasteiger partial charge is 0.464 e. The molecule has 1 heterocycles. The van der Waals surface area contributed by atoms with Crippen molar-refractivity contribution in [2.75, 3.05) is 19.3 Å². The van der Waals surface area contributed by atoms with E-state index in [0.717, 1.165) is 14.2 Å². The molecule has 0 aromatic heterocycles. The molecule has 0 radical (unpaired) electrons. The number of rotatable bonds is 2. The van der Waals surface area contributed by atoms with Gasteiger partial charge in [0.25, 0.3) is 0 Å². The van der Waals surface area contributed by atoms with Crippen molar-refractivity contribution in [3.8, 4) is 5.75 Å². The summed E-state index contributed by atoms with van der Waals surface area (Å²) in [7, 11) is 2.25. The van der Waals surface area contributed by atoms with Crippen molar-refractivity contribution in [3.63, 3.8) is 0 Å². The predicted octanol–water partition coefficient (Wildman–Crippen LogP) is 1.59. The summed E-state index contributed by atoms with van der Waals surface area (Å²) in [4.78, 5) is 23.4. The molecule has 0 saturated heterocycles. The van der Waals surface area contributed by atoms with Crippen LogP contribution in [0.1, 0.15) is 0 Å². The summed E-state index contributed by atoms with van der Waals surface area (Å²) in [5, 5.41) is 10.7. The van der Waals surface area contributed by atoms with Crippen LogP contribution >= 0.6 is 15.9 Å². The van der Waals surface area contributed by atoms with Gasteiger partial charge in [-0.1, -0.05) is 15.9 Å².